The molecule has 0 aliphatic rings. The van der Waals surface area contributed by atoms with Crippen LogP contribution in [0, 0.1) is 0 Å². The Morgan fingerprint density at radius 1 is 1.50 bits per heavy atom. The van der Waals surface area contributed by atoms with E-state index in [1.54, 1.807) is 18.2 Å². The maximum Gasteiger partial charge on any atom is 0.153 e. The fourth-order valence-electron chi connectivity index (χ4n) is 0.921. The first-order valence-corrected chi connectivity index (χ1v) is 4.13. The van der Waals surface area contributed by atoms with Gasteiger partial charge in [-0.2, -0.15) is 4.91 Å². The van der Waals surface area contributed by atoms with Gasteiger partial charge in [-0.3, -0.25) is 0 Å². The van der Waals surface area contributed by atoms with Crippen LogP contribution in [0.2, 0.25) is 5.02 Å². The van der Waals surface area contributed by atoms with Gasteiger partial charge in [-0.15, -0.1) is 5.53 Å². The summed E-state index contributed by atoms with van der Waals surface area (Å²) in [6.45, 7) is 3.52. The first-order valence-electron chi connectivity index (χ1n) is 3.75. The summed E-state index contributed by atoms with van der Waals surface area (Å²) in [7, 11) is 0. The van der Waals surface area contributed by atoms with Crippen molar-refractivity contribution in [2.24, 2.45) is 5.22 Å². The van der Waals surface area contributed by atoms with Crippen LogP contribution in [-0.2, 0) is 0 Å². The highest BCUT2D eigenvalue weighted by Gasteiger charge is 2.03. The highest BCUT2D eigenvalue weighted by Crippen LogP contribution is 2.25. The third kappa shape index (κ3) is 2.58. The molecule has 0 heterocycles. The maximum absolute atomic E-state index is 8.14. The molecule has 2 N–H and O–H groups in total. The van der Waals surface area contributed by atoms with Gasteiger partial charge in [0, 0.05) is 11.1 Å². The third-order valence-electron chi connectivity index (χ3n) is 1.45. The number of anilines is 2. The lowest BCUT2D eigenvalue weighted by Crippen LogP contribution is -1.93. The van der Waals surface area contributed by atoms with Gasteiger partial charge in [0.2, 0.25) is 0 Å². The molecule has 0 unspecified atom stereocenters. The Balaban J connectivity index is 3.01. The van der Waals surface area contributed by atoms with E-state index in [-0.39, 0.29) is 0 Å². The second-order valence-corrected chi connectivity index (χ2v) is 2.78. The van der Waals surface area contributed by atoms with E-state index in [2.05, 4.69) is 27.5 Å². The molecule has 0 aromatic heterocycles. The van der Waals surface area contributed by atoms with Crippen molar-refractivity contribution in [3.8, 4) is 0 Å². The molecular weight excluding hydrogens is 202 g/mol. The summed E-state index contributed by atoms with van der Waals surface area (Å²) in [6.07, 6.45) is 1.52. The van der Waals surface area contributed by atoms with E-state index in [9.17, 15) is 0 Å². The van der Waals surface area contributed by atoms with Crippen LogP contribution in [0.25, 0.3) is 10.4 Å². The van der Waals surface area contributed by atoms with Crippen LogP contribution >= 0.6 is 11.6 Å². The lowest BCUT2D eigenvalue weighted by atomic mass is 10.2. The van der Waals surface area contributed by atoms with Crippen LogP contribution in [0.5, 0.6) is 0 Å². The SMILES string of the molecule is C=CNc1ccc(Cl)cc1NN=[N+]=[N-]. The second-order valence-electron chi connectivity index (χ2n) is 2.34. The zero-order valence-corrected chi connectivity index (χ0v) is 7.99. The van der Waals surface area contributed by atoms with Crippen LogP contribution in [0.15, 0.2) is 36.2 Å². The van der Waals surface area contributed by atoms with Gasteiger partial charge in [-0.05, 0) is 23.6 Å². The Labute approximate surface area is 86.0 Å². The fourth-order valence-corrected chi connectivity index (χ4v) is 1.09. The Bertz CT molecular complexity index is 383. The van der Waals surface area contributed by atoms with Crippen molar-refractivity contribution < 1.29 is 0 Å². The summed E-state index contributed by atoms with van der Waals surface area (Å²) in [5, 5.41) is 6.65. The van der Waals surface area contributed by atoms with Crippen molar-refractivity contribution in [1.29, 1.82) is 0 Å². The normalized spacial score (nSPS) is 8.64. The molecule has 5 nitrogen and oxygen atoms in total. The molecule has 72 valence electrons. The largest absolute Gasteiger partial charge is 0.359 e. The summed E-state index contributed by atoms with van der Waals surface area (Å²) in [5.74, 6) is 0. The van der Waals surface area contributed by atoms with E-state index in [1.165, 1.54) is 6.20 Å². The number of rotatable bonds is 4. The number of nitrogens with one attached hydrogen (secondary N) is 2. The van der Waals surface area contributed by atoms with Gasteiger partial charge in [0.1, 0.15) is 0 Å². The van der Waals surface area contributed by atoms with Crippen molar-refractivity contribution in [1.82, 2.24) is 0 Å². The summed E-state index contributed by atoms with van der Waals surface area (Å²) in [6, 6.07) is 5.11. The van der Waals surface area contributed by atoms with Crippen LogP contribution in [0.4, 0.5) is 11.4 Å². The zero-order valence-electron chi connectivity index (χ0n) is 7.24. The number of halogens is 1. The molecular formula is C8H8ClN5. The van der Waals surface area contributed by atoms with Crippen LogP contribution < -0.4 is 10.7 Å². The smallest absolute Gasteiger partial charge is 0.153 e. The number of benzene rings is 1. The molecule has 0 saturated heterocycles. The van der Waals surface area contributed by atoms with Gasteiger partial charge in [-0.25, -0.2) is 5.43 Å². The van der Waals surface area contributed by atoms with E-state index in [4.69, 9.17) is 17.1 Å². The zero-order chi connectivity index (χ0) is 10.4. The number of nitrogens with zero attached hydrogens (tertiary/aromatic N) is 3. The first kappa shape index (κ1) is 10.2. The van der Waals surface area contributed by atoms with Crippen LogP contribution in [0.1, 0.15) is 0 Å². The van der Waals surface area contributed by atoms with Crippen molar-refractivity contribution in [2.45, 2.75) is 0 Å². The van der Waals surface area contributed by atoms with Gasteiger partial charge < -0.3 is 5.32 Å². The quantitative estimate of drug-likeness (QED) is 0.345. The fraction of sp³-hybridized carbons (Fsp3) is 0. The molecule has 0 atom stereocenters. The highest BCUT2D eigenvalue weighted by molar-refractivity contribution is 6.31. The first-order chi connectivity index (χ1) is 6.77. The lowest BCUT2D eigenvalue weighted by Gasteiger charge is -2.04. The molecule has 0 amide bonds. The predicted octanol–water partition coefficient (Wildman–Crippen LogP) is 3.53. The van der Waals surface area contributed by atoms with Gasteiger partial charge in [-0.1, -0.05) is 18.2 Å². The summed E-state index contributed by atoms with van der Waals surface area (Å²) in [5.41, 5.74) is 12.0. The van der Waals surface area contributed by atoms with Crippen molar-refractivity contribution in [2.75, 3.05) is 10.7 Å². The van der Waals surface area contributed by atoms with Crippen LogP contribution in [-0.4, -0.2) is 0 Å². The molecule has 0 saturated carbocycles. The third-order valence-corrected chi connectivity index (χ3v) is 1.69. The van der Waals surface area contributed by atoms with Crippen LogP contribution in [0.3, 0.4) is 0 Å². The molecule has 0 spiro atoms. The molecule has 1 rings (SSSR count). The molecule has 14 heavy (non-hydrogen) atoms. The number of azide groups is 1. The summed E-state index contributed by atoms with van der Waals surface area (Å²) in [4.78, 5) is 2.58. The standard InChI is InChI=1S/C8H8ClN5/c1-2-11-7-4-3-6(9)5-8(7)12-14-13-10/h2-5,11-12H,1H2. The molecule has 0 radical (unpaired) electrons. The van der Waals surface area contributed by atoms with Gasteiger partial charge in [0.25, 0.3) is 0 Å². The lowest BCUT2D eigenvalue weighted by molar-refractivity contribution is 1.30. The maximum atomic E-state index is 8.14. The van der Waals surface area contributed by atoms with E-state index in [0.29, 0.717) is 10.7 Å². The Morgan fingerprint density at radius 2 is 2.29 bits per heavy atom. The second kappa shape index (κ2) is 5.01. The molecule has 1 aromatic carbocycles. The van der Waals surface area contributed by atoms with Crippen molar-refractivity contribution >= 4 is 23.0 Å². The van der Waals surface area contributed by atoms with Crippen molar-refractivity contribution in [3.05, 3.63) is 46.4 Å². The average molecular weight is 210 g/mol. The van der Waals surface area contributed by atoms with Gasteiger partial charge >= 0.3 is 0 Å². The number of hydrogen-bond donors (Lipinski definition) is 2. The summed E-state index contributed by atoms with van der Waals surface area (Å²) < 4.78 is 0. The Hall–Kier alpha value is -1.84. The number of hydrogen-bond acceptors (Lipinski definition) is 2. The molecule has 0 aliphatic carbocycles. The average Bonchev–Trinajstić information content (AvgIpc) is 2.18. The van der Waals surface area contributed by atoms with E-state index >= 15 is 0 Å². The molecule has 1 aromatic rings. The molecule has 0 fully saturated rings. The van der Waals surface area contributed by atoms with Gasteiger partial charge in [0.15, 0.2) is 5.69 Å². The molecule has 0 bridgehead atoms. The van der Waals surface area contributed by atoms with Crippen molar-refractivity contribution in [3.63, 3.8) is 0 Å². The monoisotopic (exact) mass is 209 g/mol. The minimum absolute atomic E-state index is 0.551. The van der Waals surface area contributed by atoms with E-state index < -0.39 is 0 Å². The Kier molecular flexibility index (Phi) is 3.67. The molecule has 0 aliphatic heterocycles. The molecule has 6 heteroatoms. The highest BCUT2D eigenvalue weighted by atomic mass is 35.5. The predicted molar refractivity (Wildman–Crippen MR) is 58.0 cm³/mol. The summed E-state index contributed by atoms with van der Waals surface area (Å²) >= 11 is 5.77. The van der Waals surface area contributed by atoms with E-state index in [1.807, 2.05) is 0 Å². The minimum Gasteiger partial charge on any atom is -0.359 e. The van der Waals surface area contributed by atoms with Gasteiger partial charge in [0.05, 0.1) is 5.69 Å². The van der Waals surface area contributed by atoms with E-state index in [0.717, 1.165) is 5.69 Å². The topological polar surface area (TPSA) is 72.8 Å². The Morgan fingerprint density at radius 3 is 2.93 bits per heavy atom. The minimum atomic E-state index is 0.551.